The van der Waals surface area contributed by atoms with Gasteiger partial charge in [0, 0.05) is 16.1 Å². The average Bonchev–Trinajstić information content (AvgIpc) is 2.75. The molecule has 0 atom stereocenters. The molecule has 0 spiro atoms. The molecule has 130 valence electrons. The van der Waals surface area contributed by atoms with Crippen LogP contribution in [0, 0.1) is 11.3 Å². The van der Waals surface area contributed by atoms with Crippen LogP contribution in [0.5, 0.6) is 0 Å². The first-order valence-corrected chi connectivity index (χ1v) is 9.75. The molecule has 2 nitrogen and oxygen atoms in total. The van der Waals surface area contributed by atoms with Gasteiger partial charge in [0.1, 0.15) is 0 Å². The molecular weight excluding hydrogens is 329 g/mol. The largest absolute Gasteiger partial charge is 0.329 e. The minimum Gasteiger partial charge on any atom is -0.329 e. The summed E-state index contributed by atoms with van der Waals surface area (Å²) in [5.41, 5.74) is 0.719. The van der Waals surface area contributed by atoms with E-state index in [0.29, 0.717) is 22.4 Å². The average molecular weight is 358 g/mol. The van der Waals surface area contributed by atoms with Gasteiger partial charge in [0.25, 0.3) is 0 Å². The molecule has 0 aromatic carbocycles. The quantitative estimate of drug-likeness (QED) is 0.579. The van der Waals surface area contributed by atoms with Crippen LogP contribution >= 0.6 is 23.2 Å². The van der Waals surface area contributed by atoms with Crippen LogP contribution in [0.25, 0.3) is 0 Å². The summed E-state index contributed by atoms with van der Waals surface area (Å²) < 4.78 is 0. The van der Waals surface area contributed by atoms with Gasteiger partial charge in [0.2, 0.25) is 5.91 Å². The Labute approximate surface area is 150 Å². The second kappa shape index (κ2) is 8.58. The van der Waals surface area contributed by atoms with Crippen molar-refractivity contribution in [1.82, 2.24) is 5.32 Å². The van der Waals surface area contributed by atoms with E-state index < -0.39 is 0 Å². The first-order valence-electron chi connectivity index (χ1n) is 8.99. The molecule has 0 aromatic rings. The molecule has 0 unspecified atom stereocenters. The number of hydrogen-bond donors (Lipinski definition) is 1. The number of amides is 1. The molecule has 0 heterocycles. The van der Waals surface area contributed by atoms with Crippen LogP contribution < -0.4 is 5.32 Å². The minimum atomic E-state index is -0.195. The Bertz CT molecular complexity index is 486. The molecule has 0 aromatic heterocycles. The molecule has 4 heteroatoms. The van der Waals surface area contributed by atoms with Crippen molar-refractivity contribution >= 4 is 29.1 Å². The molecule has 23 heavy (non-hydrogen) atoms. The number of allylic oxidation sites excluding steroid dienone is 4. The molecule has 0 radical (unpaired) electrons. The second-order valence-electron chi connectivity index (χ2n) is 7.50. The molecule has 2 aliphatic carbocycles. The Hall–Kier alpha value is -0.470. The predicted octanol–water partition coefficient (Wildman–Crippen LogP) is 6.25. The maximum atomic E-state index is 13.1. The zero-order chi connectivity index (χ0) is 16.9. The van der Waals surface area contributed by atoms with E-state index >= 15 is 0 Å². The lowest BCUT2D eigenvalue weighted by molar-refractivity contribution is -0.131. The van der Waals surface area contributed by atoms with Crippen LogP contribution in [-0.2, 0) is 4.79 Å². The van der Waals surface area contributed by atoms with Crippen molar-refractivity contribution in [3.63, 3.8) is 0 Å². The first kappa shape index (κ1) is 18.9. The molecule has 1 N–H and O–H groups in total. The Kier molecular flexibility index (Phi) is 7.03. The fraction of sp³-hybridized carbons (Fsp3) is 0.737. The number of hydrogen-bond acceptors (Lipinski definition) is 1. The standard InChI is InChI=1S/C19H29Cl2NO/c1-14(2)9-12-19(10-5-3-4-6-11-19)18(23)22-15-7-8-16(20)17(21)13-15/h13-14H,3-12H2,1-2H3,(H,22,23). The number of carbonyl (C=O) groups excluding carboxylic acids is 1. The summed E-state index contributed by atoms with van der Waals surface area (Å²) in [5, 5.41) is 4.43. The second-order valence-corrected chi connectivity index (χ2v) is 8.37. The van der Waals surface area contributed by atoms with Gasteiger partial charge in [0.05, 0.1) is 5.03 Å². The molecule has 1 amide bonds. The third-order valence-electron chi connectivity index (χ3n) is 5.19. The monoisotopic (exact) mass is 357 g/mol. The van der Waals surface area contributed by atoms with Crippen molar-refractivity contribution in [2.24, 2.45) is 11.3 Å². The lowest BCUT2D eigenvalue weighted by Crippen LogP contribution is -2.41. The summed E-state index contributed by atoms with van der Waals surface area (Å²) >= 11 is 12.2. The van der Waals surface area contributed by atoms with Crippen molar-refractivity contribution in [3.8, 4) is 0 Å². The van der Waals surface area contributed by atoms with Gasteiger partial charge in [0.15, 0.2) is 0 Å². The van der Waals surface area contributed by atoms with Crippen LogP contribution in [0.1, 0.15) is 78.1 Å². The van der Waals surface area contributed by atoms with E-state index in [0.717, 1.165) is 50.6 Å². The van der Waals surface area contributed by atoms with E-state index in [-0.39, 0.29) is 11.3 Å². The maximum Gasteiger partial charge on any atom is 0.230 e. The van der Waals surface area contributed by atoms with Crippen LogP contribution in [0.3, 0.4) is 0 Å². The van der Waals surface area contributed by atoms with Crippen LogP contribution in [0.4, 0.5) is 0 Å². The number of halogens is 2. The van der Waals surface area contributed by atoms with Gasteiger partial charge < -0.3 is 5.32 Å². The van der Waals surface area contributed by atoms with E-state index in [2.05, 4.69) is 19.2 Å². The van der Waals surface area contributed by atoms with E-state index in [9.17, 15) is 4.79 Å². The van der Waals surface area contributed by atoms with Gasteiger partial charge in [-0.3, -0.25) is 4.79 Å². The summed E-state index contributed by atoms with van der Waals surface area (Å²) in [6, 6.07) is 0. The fourth-order valence-corrected chi connectivity index (χ4v) is 3.98. The van der Waals surface area contributed by atoms with Crippen molar-refractivity contribution in [3.05, 3.63) is 21.8 Å². The molecule has 1 fully saturated rings. The highest BCUT2D eigenvalue weighted by molar-refractivity contribution is 6.40. The fourth-order valence-electron chi connectivity index (χ4n) is 3.61. The van der Waals surface area contributed by atoms with Crippen LogP contribution in [0.2, 0.25) is 0 Å². The number of nitrogens with one attached hydrogen (secondary N) is 1. The van der Waals surface area contributed by atoms with E-state index in [1.54, 1.807) is 0 Å². The summed E-state index contributed by atoms with van der Waals surface area (Å²) in [6.45, 7) is 4.47. The van der Waals surface area contributed by atoms with Crippen LogP contribution in [-0.4, -0.2) is 5.91 Å². The maximum absolute atomic E-state index is 13.1. The Balaban J connectivity index is 2.11. The SMILES string of the molecule is CC(C)CCC1(C(=O)NC2=CC(Cl)=C(Cl)CC2)CCCCCC1. The van der Waals surface area contributed by atoms with Gasteiger partial charge in [-0.1, -0.05) is 62.7 Å². The third kappa shape index (κ3) is 5.26. The Morgan fingerprint density at radius 2 is 1.83 bits per heavy atom. The molecular formula is C19H29Cl2NO. The van der Waals surface area contributed by atoms with Crippen molar-refractivity contribution < 1.29 is 4.79 Å². The molecule has 0 aliphatic heterocycles. The lowest BCUT2D eigenvalue weighted by Gasteiger charge is -2.33. The predicted molar refractivity (Wildman–Crippen MR) is 98.4 cm³/mol. The summed E-state index contributed by atoms with van der Waals surface area (Å²) in [6.07, 6.45) is 12.3. The van der Waals surface area contributed by atoms with Gasteiger partial charge in [-0.05, 0) is 50.5 Å². The highest BCUT2D eigenvalue weighted by Crippen LogP contribution is 2.41. The minimum absolute atomic E-state index is 0.195. The summed E-state index contributed by atoms with van der Waals surface area (Å²) in [5.74, 6) is 0.835. The lowest BCUT2D eigenvalue weighted by atomic mass is 9.74. The molecule has 1 saturated carbocycles. The topological polar surface area (TPSA) is 29.1 Å². The molecule has 0 bridgehead atoms. The van der Waals surface area contributed by atoms with Crippen molar-refractivity contribution in [2.75, 3.05) is 0 Å². The zero-order valence-electron chi connectivity index (χ0n) is 14.4. The Morgan fingerprint density at radius 1 is 1.17 bits per heavy atom. The number of carbonyl (C=O) groups is 1. The summed E-state index contributed by atoms with van der Waals surface area (Å²) in [7, 11) is 0. The van der Waals surface area contributed by atoms with E-state index in [1.165, 1.54) is 12.8 Å². The van der Waals surface area contributed by atoms with Gasteiger partial charge in [-0.2, -0.15) is 0 Å². The van der Waals surface area contributed by atoms with Gasteiger partial charge >= 0.3 is 0 Å². The summed E-state index contributed by atoms with van der Waals surface area (Å²) in [4.78, 5) is 13.1. The smallest absolute Gasteiger partial charge is 0.230 e. The van der Waals surface area contributed by atoms with E-state index in [1.807, 2.05) is 6.08 Å². The molecule has 2 rings (SSSR count). The van der Waals surface area contributed by atoms with Crippen molar-refractivity contribution in [1.29, 1.82) is 0 Å². The molecule has 2 aliphatic rings. The van der Waals surface area contributed by atoms with E-state index in [4.69, 9.17) is 23.2 Å². The third-order valence-corrected chi connectivity index (χ3v) is 6.02. The zero-order valence-corrected chi connectivity index (χ0v) is 15.9. The highest BCUT2D eigenvalue weighted by Gasteiger charge is 2.38. The normalized spacial score (nSPS) is 21.9. The highest BCUT2D eigenvalue weighted by atomic mass is 35.5. The van der Waals surface area contributed by atoms with Gasteiger partial charge in [-0.15, -0.1) is 0 Å². The van der Waals surface area contributed by atoms with Crippen molar-refractivity contribution in [2.45, 2.75) is 78.1 Å². The first-order chi connectivity index (χ1) is 10.9. The van der Waals surface area contributed by atoms with Gasteiger partial charge in [-0.25, -0.2) is 0 Å². The number of rotatable bonds is 5. The Morgan fingerprint density at radius 3 is 2.39 bits per heavy atom. The molecule has 0 saturated heterocycles. The van der Waals surface area contributed by atoms with Crippen LogP contribution in [0.15, 0.2) is 21.8 Å².